The minimum absolute atomic E-state index is 0.110. The van der Waals surface area contributed by atoms with Crippen LogP contribution in [0.4, 0.5) is 0 Å². The van der Waals surface area contributed by atoms with Crippen LogP contribution in [0.2, 0.25) is 0 Å². The van der Waals surface area contributed by atoms with Crippen LogP contribution in [-0.2, 0) is 9.05 Å². The molecule has 0 amide bonds. The third-order valence-corrected chi connectivity index (χ3v) is 3.84. The van der Waals surface area contributed by atoms with Crippen LogP contribution in [0, 0.1) is 0 Å². The molecule has 0 bridgehead atoms. The summed E-state index contributed by atoms with van der Waals surface area (Å²) in [6.07, 6.45) is 5.07. The zero-order chi connectivity index (χ0) is 12.8. The van der Waals surface area contributed by atoms with Gasteiger partial charge in [0.15, 0.2) is 5.82 Å². The van der Waals surface area contributed by atoms with E-state index in [4.69, 9.17) is 10.7 Å². The monoisotopic (exact) mass is 284 g/mol. The number of hydrogen-bond donors (Lipinski definition) is 0. The second-order valence-corrected chi connectivity index (χ2v) is 6.55. The Morgan fingerprint density at radius 2 is 2.11 bits per heavy atom. The zero-order valence-corrected chi connectivity index (χ0v) is 10.8. The van der Waals surface area contributed by atoms with Gasteiger partial charge in [0.1, 0.15) is 0 Å². The van der Waals surface area contributed by atoms with Crippen LogP contribution in [0.3, 0.4) is 0 Å². The number of rotatable bonds is 3. The van der Waals surface area contributed by atoms with Crippen molar-refractivity contribution in [2.45, 2.75) is 24.0 Å². The highest BCUT2D eigenvalue weighted by Crippen LogP contribution is 2.40. The van der Waals surface area contributed by atoms with Crippen molar-refractivity contribution in [3.05, 3.63) is 24.5 Å². The van der Waals surface area contributed by atoms with E-state index in [0.29, 0.717) is 5.82 Å². The van der Waals surface area contributed by atoms with E-state index in [0.717, 1.165) is 18.4 Å². The Morgan fingerprint density at radius 1 is 1.33 bits per heavy atom. The summed E-state index contributed by atoms with van der Waals surface area (Å²) in [7, 11) is 1.49. The van der Waals surface area contributed by atoms with E-state index in [1.165, 1.54) is 0 Å². The third-order valence-electron chi connectivity index (χ3n) is 2.71. The zero-order valence-electron chi connectivity index (χ0n) is 9.19. The predicted octanol–water partition coefficient (Wildman–Crippen LogP) is 1.60. The Kier molecular flexibility index (Phi) is 2.60. The van der Waals surface area contributed by atoms with Crippen LogP contribution in [0.15, 0.2) is 29.7 Å². The lowest BCUT2D eigenvalue weighted by molar-refractivity contribution is 0.579. The summed E-state index contributed by atoms with van der Waals surface area (Å²) in [5, 5.41) is 7.42. The number of halogens is 1. The van der Waals surface area contributed by atoms with E-state index >= 15 is 0 Å². The van der Waals surface area contributed by atoms with Crippen molar-refractivity contribution in [2.24, 2.45) is 0 Å². The maximum absolute atomic E-state index is 11.5. The molecule has 2 aromatic rings. The summed E-state index contributed by atoms with van der Waals surface area (Å²) in [4.78, 5) is 3.99. The Balaban J connectivity index is 2.20. The fraction of sp³-hybridized carbons (Fsp3) is 0.300. The molecule has 6 nitrogen and oxygen atoms in total. The summed E-state index contributed by atoms with van der Waals surface area (Å²) in [6.45, 7) is 0. The topological polar surface area (TPSA) is 77.7 Å². The van der Waals surface area contributed by atoms with Crippen molar-refractivity contribution in [3.63, 3.8) is 0 Å². The Hall–Kier alpha value is -1.47. The first-order valence-electron chi connectivity index (χ1n) is 5.37. The summed E-state index contributed by atoms with van der Waals surface area (Å²) in [6, 6.07) is 3.68. The maximum atomic E-state index is 11.5. The van der Waals surface area contributed by atoms with Gasteiger partial charge in [0.05, 0.1) is 0 Å². The first-order chi connectivity index (χ1) is 8.57. The lowest BCUT2D eigenvalue weighted by Gasteiger charge is -2.06. The van der Waals surface area contributed by atoms with E-state index in [2.05, 4.69) is 15.2 Å². The van der Waals surface area contributed by atoms with E-state index in [1.807, 2.05) is 0 Å². The minimum Gasteiger partial charge on any atom is -0.294 e. The molecule has 2 aromatic heterocycles. The Bertz CT molecular complexity index is 679. The largest absolute Gasteiger partial charge is 0.296 e. The summed E-state index contributed by atoms with van der Waals surface area (Å²) in [5.41, 5.74) is 0.725. The Morgan fingerprint density at radius 3 is 2.67 bits per heavy atom. The van der Waals surface area contributed by atoms with Gasteiger partial charge in [0, 0.05) is 34.7 Å². The van der Waals surface area contributed by atoms with Gasteiger partial charge in [-0.3, -0.25) is 9.55 Å². The van der Waals surface area contributed by atoms with Crippen molar-refractivity contribution >= 4 is 19.7 Å². The molecule has 1 fully saturated rings. The highest BCUT2D eigenvalue weighted by molar-refractivity contribution is 8.13. The standard InChI is InChI=1S/C10H9ClN4O2S/c11-18(16,17)10-14-13-9(15(10)8-3-4-8)7-2-1-5-12-6-7/h1-2,5-6,8H,3-4H2. The van der Waals surface area contributed by atoms with Crippen LogP contribution >= 0.6 is 10.7 Å². The summed E-state index contributed by atoms with van der Waals surface area (Å²) < 4.78 is 24.5. The second kappa shape index (κ2) is 4.03. The quantitative estimate of drug-likeness (QED) is 0.800. The van der Waals surface area contributed by atoms with Crippen molar-refractivity contribution in [2.75, 3.05) is 0 Å². The van der Waals surface area contributed by atoms with E-state index in [-0.39, 0.29) is 11.2 Å². The van der Waals surface area contributed by atoms with Gasteiger partial charge in [-0.15, -0.1) is 10.2 Å². The highest BCUT2D eigenvalue weighted by atomic mass is 35.7. The van der Waals surface area contributed by atoms with Crippen LogP contribution < -0.4 is 0 Å². The van der Waals surface area contributed by atoms with Crippen LogP contribution in [0.1, 0.15) is 18.9 Å². The molecule has 1 saturated carbocycles. The van der Waals surface area contributed by atoms with Gasteiger partial charge in [-0.25, -0.2) is 8.42 Å². The second-order valence-electron chi connectivity index (χ2n) is 4.09. The SMILES string of the molecule is O=S(=O)(Cl)c1nnc(-c2cccnc2)n1C1CC1. The van der Waals surface area contributed by atoms with Gasteiger partial charge in [-0.1, -0.05) is 0 Å². The fourth-order valence-electron chi connectivity index (χ4n) is 1.80. The highest BCUT2D eigenvalue weighted by Gasteiger charge is 2.34. The molecule has 0 atom stereocenters. The smallest absolute Gasteiger partial charge is 0.294 e. The predicted molar refractivity (Wildman–Crippen MR) is 64.6 cm³/mol. The van der Waals surface area contributed by atoms with Gasteiger partial charge in [0.25, 0.3) is 14.2 Å². The molecular formula is C10H9ClN4O2S. The lowest BCUT2D eigenvalue weighted by Crippen LogP contribution is -2.06. The molecule has 0 radical (unpaired) electrons. The summed E-state index contributed by atoms with van der Waals surface area (Å²) >= 11 is 0. The van der Waals surface area contributed by atoms with Gasteiger partial charge < -0.3 is 0 Å². The van der Waals surface area contributed by atoms with Gasteiger partial charge in [-0.2, -0.15) is 0 Å². The molecule has 0 N–H and O–H groups in total. The fourth-order valence-corrected chi connectivity index (χ4v) is 2.72. The van der Waals surface area contributed by atoms with Crippen molar-refractivity contribution in [3.8, 4) is 11.4 Å². The van der Waals surface area contributed by atoms with Crippen molar-refractivity contribution < 1.29 is 8.42 Å². The molecule has 8 heteroatoms. The maximum Gasteiger partial charge on any atom is 0.296 e. The van der Waals surface area contributed by atoms with Gasteiger partial charge in [-0.05, 0) is 25.0 Å². The number of hydrogen-bond acceptors (Lipinski definition) is 5. The van der Waals surface area contributed by atoms with Crippen LogP contribution in [0.25, 0.3) is 11.4 Å². The summed E-state index contributed by atoms with van der Waals surface area (Å²) in [5.74, 6) is 0.491. The van der Waals surface area contributed by atoms with E-state index in [9.17, 15) is 8.42 Å². The third kappa shape index (κ3) is 1.99. The molecule has 1 aliphatic rings. The molecule has 0 aliphatic heterocycles. The first kappa shape index (κ1) is 11.6. The molecule has 18 heavy (non-hydrogen) atoms. The van der Waals surface area contributed by atoms with Crippen molar-refractivity contribution in [1.29, 1.82) is 0 Å². The molecule has 0 spiro atoms. The normalized spacial score (nSPS) is 15.8. The van der Waals surface area contributed by atoms with Crippen molar-refractivity contribution in [1.82, 2.24) is 19.7 Å². The number of aromatic nitrogens is 4. The number of pyridine rings is 1. The average molecular weight is 285 g/mol. The molecular weight excluding hydrogens is 276 g/mol. The van der Waals surface area contributed by atoms with E-state index in [1.54, 1.807) is 29.1 Å². The minimum atomic E-state index is -3.88. The average Bonchev–Trinajstić information content (AvgIpc) is 3.07. The molecule has 0 unspecified atom stereocenters. The van der Waals surface area contributed by atoms with Gasteiger partial charge in [0.2, 0.25) is 0 Å². The molecule has 3 rings (SSSR count). The molecule has 0 saturated heterocycles. The van der Waals surface area contributed by atoms with Crippen LogP contribution in [-0.4, -0.2) is 28.2 Å². The molecule has 0 aromatic carbocycles. The van der Waals surface area contributed by atoms with Crippen LogP contribution in [0.5, 0.6) is 0 Å². The lowest BCUT2D eigenvalue weighted by atomic mass is 10.3. The van der Waals surface area contributed by atoms with Gasteiger partial charge >= 0.3 is 0 Å². The molecule has 1 aliphatic carbocycles. The number of nitrogens with zero attached hydrogens (tertiary/aromatic N) is 4. The Labute approximate surface area is 108 Å². The first-order valence-corrected chi connectivity index (χ1v) is 7.68. The van der Waals surface area contributed by atoms with E-state index < -0.39 is 9.05 Å². The molecule has 2 heterocycles. The molecule has 94 valence electrons.